The number of benzene rings is 1. The van der Waals surface area contributed by atoms with Gasteiger partial charge in [-0.1, -0.05) is 32.0 Å². The van der Waals surface area contributed by atoms with Crippen LogP contribution in [0.15, 0.2) is 30.3 Å². The van der Waals surface area contributed by atoms with Gasteiger partial charge in [-0.05, 0) is 30.9 Å². The Balaban J connectivity index is 1.42. The Morgan fingerprint density at radius 3 is 2.50 bits per heavy atom. The molecule has 152 valence electrons. The zero-order valence-electron chi connectivity index (χ0n) is 17.2. The molecule has 0 aliphatic carbocycles. The number of hydrogen-bond donors (Lipinski definition) is 1. The highest BCUT2D eigenvalue weighted by Crippen LogP contribution is 2.49. The summed E-state index contributed by atoms with van der Waals surface area (Å²) in [5.41, 5.74) is 0.734. The van der Waals surface area contributed by atoms with Gasteiger partial charge in [0.2, 0.25) is 5.91 Å². The molecule has 3 amide bonds. The average molecular weight is 385 g/mol. The van der Waals surface area contributed by atoms with E-state index < -0.39 is 0 Å². The second kappa shape index (κ2) is 7.39. The lowest BCUT2D eigenvalue weighted by molar-refractivity contribution is -0.133. The lowest BCUT2D eigenvalue weighted by Gasteiger charge is -2.46. The van der Waals surface area contributed by atoms with Gasteiger partial charge in [0, 0.05) is 51.4 Å². The van der Waals surface area contributed by atoms with Crippen molar-refractivity contribution in [3.8, 4) is 0 Å². The van der Waals surface area contributed by atoms with E-state index >= 15 is 0 Å². The van der Waals surface area contributed by atoms with Crippen LogP contribution < -0.4 is 5.32 Å². The van der Waals surface area contributed by atoms with Crippen LogP contribution in [0.5, 0.6) is 0 Å². The number of carbonyl (C=O) groups is 2. The van der Waals surface area contributed by atoms with Crippen LogP contribution in [0.25, 0.3) is 0 Å². The van der Waals surface area contributed by atoms with Crippen LogP contribution >= 0.6 is 0 Å². The molecule has 3 aliphatic heterocycles. The van der Waals surface area contributed by atoms with E-state index in [9.17, 15) is 9.59 Å². The van der Waals surface area contributed by atoms with Crippen LogP contribution in [0.4, 0.5) is 10.5 Å². The first-order valence-electron chi connectivity index (χ1n) is 10.5. The number of piperidine rings is 1. The van der Waals surface area contributed by atoms with Crippen molar-refractivity contribution >= 4 is 17.6 Å². The van der Waals surface area contributed by atoms with Crippen molar-refractivity contribution < 1.29 is 9.59 Å². The molecule has 1 N–H and O–H groups in total. The number of likely N-dealkylation sites (tertiary alicyclic amines) is 3. The fourth-order valence-corrected chi connectivity index (χ4v) is 5.59. The minimum atomic E-state index is -0.0863. The van der Waals surface area contributed by atoms with E-state index in [1.165, 1.54) is 0 Å². The summed E-state index contributed by atoms with van der Waals surface area (Å²) >= 11 is 0. The van der Waals surface area contributed by atoms with Crippen molar-refractivity contribution in [3.05, 3.63) is 30.3 Å². The predicted octanol–water partition coefficient (Wildman–Crippen LogP) is 2.73. The van der Waals surface area contributed by atoms with E-state index in [0.29, 0.717) is 30.8 Å². The summed E-state index contributed by atoms with van der Waals surface area (Å²) in [5.74, 6) is 1.45. The number of nitrogens with zero attached hydrogens (tertiary/aromatic N) is 3. The number of urea groups is 1. The molecule has 6 heteroatoms. The Labute approximate surface area is 167 Å². The molecule has 0 unspecified atom stereocenters. The molecule has 4 rings (SSSR count). The zero-order chi connectivity index (χ0) is 19.9. The number of carbonyl (C=O) groups excluding carboxylic acids is 2. The zero-order valence-corrected chi connectivity index (χ0v) is 17.2. The number of rotatable bonds is 3. The van der Waals surface area contributed by atoms with E-state index in [-0.39, 0.29) is 17.5 Å². The number of hydrogen-bond acceptors (Lipinski definition) is 3. The summed E-state index contributed by atoms with van der Waals surface area (Å²) in [4.78, 5) is 32.0. The highest BCUT2D eigenvalue weighted by Gasteiger charge is 2.60. The summed E-state index contributed by atoms with van der Waals surface area (Å²) in [6, 6.07) is 9.54. The summed E-state index contributed by atoms with van der Waals surface area (Å²) in [6.45, 7) is 8.84. The van der Waals surface area contributed by atoms with Gasteiger partial charge in [0.25, 0.3) is 0 Å². The molecule has 0 radical (unpaired) electrons. The molecule has 3 fully saturated rings. The average Bonchev–Trinajstić information content (AvgIpc) is 3.17. The summed E-state index contributed by atoms with van der Waals surface area (Å²) < 4.78 is 0. The Kier molecular flexibility index (Phi) is 5.08. The van der Waals surface area contributed by atoms with Crippen molar-refractivity contribution in [2.75, 3.05) is 45.1 Å². The standard InChI is InChI=1S/C22H32N4O2/c1-16(2)13-25-14-18-19(15-25)22(24(3)20(18)27)9-11-26(12-10-22)21(28)23-17-7-5-4-6-8-17/h4-8,16,18-19H,9-15H2,1-3H3,(H,23,28)/t18-,19+/m1/s1. The third-order valence-corrected chi connectivity index (χ3v) is 6.97. The van der Waals surface area contributed by atoms with Crippen LogP contribution in [-0.2, 0) is 4.79 Å². The van der Waals surface area contributed by atoms with Crippen LogP contribution in [0, 0.1) is 17.8 Å². The summed E-state index contributed by atoms with van der Waals surface area (Å²) in [5, 5.41) is 2.98. The smallest absolute Gasteiger partial charge is 0.321 e. The molecule has 0 bridgehead atoms. The minimum Gasteiger partial charge on any atom is -0.339 e. The van der Waals surface area contributed by atoms with Crippen LogP contribution in [-0.4, -0.2) is 71.9 Å². The highest BCUT2D eigenvalue weighted by atomic mass is 16.2. The van der Waals surface area contributed by atoms with Gasteiger partial charge < -0.3 is 20.0 Å². The molecule has 28 heavy (non-hydrogen) atoms. The Hall–Kier alpha value is -2.08. The second-order valence-electron chi connectivity index (χ2n) is 9.11. The lowest BCUT2D eigenvalue weighted by Crippen LogP contribution is -2.57. The van der Waals surface area contributed by atoms with Crippen LogP contribution in [0.1, 0.15) is 26.7 Å². The van der Waals surface area contributed by atoms with Crippen molar-refractivity contribution in [1.82, 2.24) is 14.7 Å². The normalized spacial score (nSPS) is 26.9. The topological polar surface area (TPSA) is 55.9 Å². The molecule has 3 aliphatic rings. The van der Waals surface area contributed by atoms with E-state index in [2.05, 4.69) is 24.1 Å². The van der Waals surface area contributed by atoms with Crippen molar-refractivity contribution in [2.24, 2.45) is 17.8 Å². The number of amides is 3. The Bertz CT molecular complexity index is 727. The van der Waals surface area contributed by atoms with Gasteiger partial charge in [-0.2, -0.15) is 0 Å². The second-order valence-corrected chi connectivity index (χ2v) is 9.11. The fourth-order valence-electron chi connectivity index (χ4n) is 5.59. The van der Waals surface area contributed by atoms with Crippen LogP contribution in [0.2, 0.25) is 0 Å². The maximum absolute atomic E-state index is 13.0. The molecule has 1 aromatic carbocycles. The predicted molar refractivity (Wildman–Crippen MR) is 110 cm³/mol. The molecular weight excluding hydrogens is 352 g/mol. The Morgan fingerprint density at radius 1 is 1.18 bits per heavy atom. The van der Waals surface area contributed by atoms with Crippen molar-refractivity contribution in [1.29, 1.82) is 0 Å². The quantitative estimate of drug-likeness (QED) is 0.872. The van der Waals surface area contributed by atoms with E-state index in [1.807, 2.05) is 47.2 Å². The first-order valence-corrected chi connectivity index (χ1v) is 10.5. The SMILES string of the molecule is CC(C)CN1C[C@H]2C(=O)N(C)C3(CCN(C(=O)Nc4ccccc4)CC3)[C@H]2C1. The van der Waals surface area contributed by atoms with E-state index in [1.54, 1.807) is 0 Å². The van der Waals surface area contributed by atoms with Gasteiger partial charge in [0.05, 0.1) is 11.5 Å². The fraction of sp³-hybridized carbons (Fsp3) is 0.636. The molecule has 1 aromatic rings. The van der Waals surface area contributed by atoms with Crippen molar-refractivity contribution in [3.63, 3.8) is 0 Å². The largest absolute Gasteiger partial charge is 0.339 e. The van der Waals surface area contributed by atoms with Gasteiger partial charge in [0.1, 0.15) is 0 Å². The lowest BCUT2D eigenvalue weighted by atomic mass is 9.75. The van der Waals surface area contributed by atoms with E-state index in [0.717, 1.165) is 38.2 Å². The minimum absolute atomic E-state index is 0.0440. The third-order valence-electron chi connectivity index (χ3n) is 6.97. The highest BCUT2D eigenvalue weighted by molar-refractivity contribution is 5.89. The number of nitrogens with one attached hydrogen (secondary N) is 1. The molecule has 0 aromatic heterocycles. The number of para-hydroxylation sites is 1. The van der Waals surface area contributed by atoms with Gasteiger partial charge in [-0.25, -0.2) is 4.79 Å². The summed E-state index contributed by atoms with van der Waals surface area (Å²) in [7, 11) is 1.98. The monoisotopic (exact) mass is 384 g/mol. The van der Waals surface area contributed by atoms with Gasteiger partial charge in [-0.15, -0.1) is 0 Å². The maximum atomic E-state index is 13.0. The third kappa shape index (κ3) is 3.28. The van der Waals surface area contributed by atoms with Crippen molar-refractivity contribution in [2.45, 2.75) is 32.2 Å². The summed E-state index contributed by atoms with van der Waals surface area (Å²) in [6.07, 6.45) is 1.74. The molecule has 1 spiro atoms. The molecule has 2 atom stereocenters. The number of fused-ring (bicyclic) bond motifs is 2. The molecule has 3 heterocycles. The van der Waals surface area contributed by atoms with Gasteiger partial charge >= 0.3 is 6.03 Å². The molecule has 3 saturated heterocycles. The van der Waals surface area contributed by atoms with Crippen LogP contribution in [0.3, 0.4) is 0 Å². The van der Waals surface area contributed by atoms with Gasteiger partial charge in [-0.3, -0.25) is 4.79 Å². The van der Waals surface area contributed by atoms with E-state index in [4.69, 9.17) is 0 Å². The first-order chi connectivity index (χ1) is 13.4. The molecule has 0 saturated carbocycles. The maximum Gasteiger partial charge on any atom is 0.321 e. The Morgan fingerprint density at radius 2 is 1.86 bits per heavy atom. The first kappa shape index (κ1) is 19.2. The molecule has 6 nitrogen and oxygen atoms in total. The van der Waals surface area contributed by atoms with Gasteiger partial charge in [0.15, 0.2) is 0 Å². The number of anilines is 1. The molecular formula is C22H32N4O2.